The molecule has 68 valence electrons. The zero-order chi connectivity index (χ0) is 8.23. The van der Waals surface area contributed by atoms with Gasteiger partial charge >= 0.3 is 0 Å². The molecule has 1 saturated heterocycles. The van der Waals surface area contributed by atoms with Crippen molar-refractivity contribution in [2.45, 2.75) is 38.5 Å². The predicted octanol–water partition coefficient (Wildman–Crippen LogP) is 2.27. The van der Waals surface area contributed by atoms with Crippen LogP contribution in [0.25, 0.3) is 0 Å². The van der Waals surface area contributed by atoms with Crippen LogP contribution in [0.3, 0.4) is 0 Å². The quantitative estimate of drug-likeness (QED) is 0.532. The summed E-state index contributed by atoms with van der Waals surface area (Å²) in [6.07, 6.45) is 9.20. The van der Waals surface area contributed by atoms with Gasteiger partial charge in [-0.2, -0.15) is 0 Å². The van der Waals surface area contributed by atoms with Crippen molar-refractivity contribution in [3.05, 3.63) is 0 Å². The minimum atomic E-state index is 0.793. The molecular formula is C11H19N. The van der Waals surface area contributed by atoms with Gasteiger partial charge in [-0.05, 0) is 43.6 Å². The number of nitrogens with zero attached hydrogens (tertiary/aromatic N) is 1. The molecule has 0 atom stereocenters. The van der Waals surface area contributed by atoms with Gasteiger partial charge in [0.2, 0.25) is 0 Å². The Labute approximate surface area is 75.1 Å². The Morgan fingerprint density at radius 2 is 1.25 bits per heavy atom. The lowest BCUT2D eigenvalue weighted by Gasteiger charge is -2.32. The maximum Gasteiger partial charge on any atom is 0.00410 e. The summed E-state index contributed by atoms with van der Waals surface area (Å²) in [5.74, 6) is 0. The summed E-state index contributed by atoms with van der Waals surface area (Å²) in [5, 5.41) is 0. The molecule has 0 unspecified atom stereocenters. The standard InChI is InChI=1S/C11H19N/c1-12-8-10-4-2-5-11(10,9-12)7-3-6-10/h2-9H2,1H3. The summed E-state index contributed by atoms with van der Waals surface area (Å²) in [5.41, 5.74) is 1.59. The highest BCUT2D eigenvalue weighted by Crippen LogP contribution is 2.66. The van der Waals surface area contributed by atoms with Gasteiger partial charge in [-0.25, -0.2) is 0 Å². The Bertz CT molecular complexity index is 179. The summed E-state index contributed by atoms with van der Waals surface area (Å²) in [6, 6.07) is 0. The van der Waals surface area contributed by atoms with E-state index in [9.17, 15) is 0 Å². The molecule has 1 heteroatoms. The molecule has 1 aliphatic heterocycles. The van der Waals surface area contributed by atoms with Crippen molar-refractivity contribution in [3.8, 4) is 0 Å². The second-order valence-corrected chi connectivity index (χ2v) is 5.44. The van der Waals surface area contributed by atoms with Crippen LogP contribution in [0, 0.1) is 10.8 Å². The van der Waals surface area contributed by atoms with Crippen LogP contribution in [0.15, 0.2) is 0 Å². The Hall–Kier alpha value is -0.0400. The Morgan fingerprint density at radius 3 is 1.67 bits per heavy atom. The number of rotatable bonds is 0. The van der Waals surface area contributed by atoms with Gasteiger partial charge in [0.05, 0.1) is 0 Å². The van der Waals surface area contributed by atoms with Crippen molar-refractivity contribution >= 4 is 0 Å². The molecule has 2 aliphatic carbocycles. The Morgan fingerprint density at radius 1 is 0.833 bits per heavy atom. The number of likely N-dealkylation sites (tertiary alicyclic amines) is 1. The van der Waals surface area contributed by atoms with E-state index in [-0.39, 0.29) is 0 Å². The van der Waals surface area contributed by atoms with E-state index in [2.05, 4.69) is 11.9 Å². The first-order chi connectivity index (χ1) is 5.77. The molecule has 0 aromatic carbocycles. The highest BCUT2D eigenvalue weighted by Gasteiger charge is 2.61. The zero-order valence-corrected chi connectivity index (χ0v) is 8.10. The molecule has 0 amide bonds. The lowest BCUT2D eigenvalue weighted by Crippen LogP contribution is -2.30. The van der Waals surface area contributed by atoms with Gasteiger partial charge in [0, 0.05) is 13.1 Å². The summed E-state index contributed by atoms with van der Waals surface area (Å²) in [6.45, 7) is 2.82. The predicted molar refractivity (Wildman–Crippen MR) is 50.1 cm³/mol. The van der Waals surface area contributed by atoms with E-state index in [0.717, 1.165) is 10.8 Å². The third-order valence-electron chi connectivity index (χ3n) is 4.89. The number of hydrogen-bond acceptors (Lipinski definition) is 1. The first kappa shape index (κ1) is 7.37. The van der Waals surface area contributed by atoms with Gasteiger partial charge in [0.1, 0.15) is 0 Å². The average Bonchev–Trinajstić information content (AvgIpc) is 2.44. The molecule has 0 aromatic heterocycles. The molecule has 0 aromatic rings. The summed E-state index contributed by atoms with van der Waals surface area (Å²) in [7, 11) is 2.31. The van der Waals surface area contributed by atoms with Crippen LogP contribution in [-0.2, 0) is 0 Å². The summed E-state index contributed by atoms with van der Waals surface area (Å²) >= 11 is 0. The fourth-order valence-corrected chi connectivity index (χ4v) is 4.58. The van der Waals surface area contributed by atoms with Gasteiger partial charge in [0.25, 0.3) is 0 Å². The second-order valence-electron chi connectivity index (χ2n) is 5.44. The third-order valence-corrected chi connectivity index (χ3v) is 4.89. The van der Waals surface area contributed by atoms with E-state index in [4.69, 9.17) is 0 Å². The van der Waals surface area contributed by atoms with Gasteiger partial charge in [-0.1, -0.05) is 12.8 Å². The minimum absolute atomic E-state index is 0.793. The average molecular weight is 165 g/mol. The molecule has 1 heterocycles. The summed E-state index contributed by atoms with van der Waals surface area (Å²) in [4.78, 5) is 2.58. The first-order valence-corrected chi connectivity index (χ1v) is 5.45. The van der Waals surface area contributed by atoms with Gasteiger partial charge < -0.3 is 4.90 Å². The largest absolute Gasteiger partial charge is 0.305 e. The highest BCUT2D eigenvalue weighted by atomic mass is 15.2. The zero-order valence-electron chi connectivity index (χ0n) is 8.10. The van der Waals surface area contributed by atoms with Crippen LogP contribution in [0.2, 0.25) is 0 Å². The Kier molecular flexibility index (Phi) is 1.27. The number of hydrogen-bond donors (Lipinski definition) is 0. The molecule has 0 N–H and O–H groups in total. The van der Waals surface area contributed by atoms with Crippen LogP contribution >= 0.6 is 0 Å². The molecule has 2 saturated carbocycles. The van der Waals surface area contributed by atoms with Gasteiger partial charge in [-0.15, -0.1) is 0 Å². The van der Waals surface area contributed by atoms with E-state index in [1.54, 1.807) is 0 Å². The SMILES string of the molecule is CN1CC23CCCC2(CCC3)C1. The van der Waals surface area contributed by atoms with Crippen LogP contribution in [0.1, 0.15) is 38.5 Å². The molecule has 0 radical (unpaired) electrons. The van der Waals surface area contributed by atoms with Gasteiger partial charge in [0.15, 0.2) is 0 Å². The highest BCUT2D eigenvalue weighted by molar-refractivity contribution is 5.12. The maximum absolute atomic E-state index is 2.58. The normalized spacial score (nSPS) is 52.8. The fraction of sp³-hybridized carbons (Fsp3) is 1.00. The third kappa shape index (κ3) is 0.654. The van der Waals surface area contributed by atoms with E-state index in [1.165, 1.54) is 51.6 Å². The van der Waals surface area contributed by atoms with E-state index < -0.39 is 0 Å². The van der Waals surface area contributed by atoms with Crippen molar-refractivity contribution in [1.82, 2.24) is 4.90 Å². The molecule has 3 aliphatic rings. The maximum atomic E-state index is 2.58. The van der Waals surface area contributed by atoms with Crippen LogP contribution in [0.4, 0.5) is 0 Å². The van der Waals surface area contributed by atoms with Crippen molar-refractivity contribution in [3.63, 3.8) is 0 Å². The van der Waals surface area contributed by atoms with E-state index in [1.807, 2.05) is 0 Å². The molecule has 1 nitrogen and oxygen atoms in total. The van der Waals surface area contributed by atoms with Crippen molar-refractivity contribution in [1.29, 1.82) is 0 Å². The molecule has 3 rings (SSSR count). The topological polar surface area (TPSA) is 3.24 Å². The minimum Gasteiger partial charge on any atom is -0.305 e. The first-order valence-electron chi connectivity index (χ1n) is 5.45. The van der Waals surface area contributed by atoms with E-state index >= 15 is 0 Å². The van der Waals surface area contributed by atoms with E-state index in [0.29, 0.717) is 0 Å². The smallest absolute Gasteiger partial charge is 0.00410 e. The fourth-order valence-electron chi connectivity index (χ4n) is 4.58. The Balaban J connectivity index is 2.02. The monoisotopic (exact) mass is 165 g/mol. The second kappa shape index (κ2) is 2.06. The lowest BCUT2D eigenvalue weighted by molar-refractivity contribution is 0.184. The molecule has 0 spiro atoms. The van der Waals surface area contributed by atoms with Crippen LogP contribution in [0.5, 0.6) is 0 Å². The van der Waals surface area contributed by atoms with Crippen LogP contribution < -0.4 is 0 Å². The van der Waals surface area contributed by atoms with Crippen molar-refractivity contribution in [2.24, 2.45) is 10.8 Å². The van der Waals surface area contributed by atoms with Gasteiger partial charge in [-0.3, -0.25) is 0 Å². The van der Waals surface area contributed by atoms with Crippen molar-refractivity contribution in [2.75, 3.05) is 20.1 Å². The molecular weight excluding hydrogens is 146 g/mol. The van der Waals surface area contributed by atoms with Crippen molar-refractivity contribution < 1.29 is 0 Å². The molecule has 3 fully saturated rings. The van der Waals surface area contributed by atoms with Crippen LogP contribution in [-0.4, -0.2) is 25.0 Å². The lowest BCUT2D eigenvalue weighted by atomic mass is 9.71. The molecule has 0 bridgehead atoms. The summed E-state index contributed by atoms with van der Waals surface area (Å²) < 4.78 is 0. The molecule has 12 heavy (non-hydrogen) atoms.